The van der Waals surface area contributed by atoms with E-state index in [1.165, 1.54) is 7.11 Å². The molecule has 1 aromatic carbocycles. The Morgan fingerprint density at radius 1 is 1.47 bits per heavy atom. The molecule has 0 heterocycles. The summed E-state index contributed by atoms with van der Waals surface area (Å²) in [6, 6.07) is 7.15. The van der Waals surface area contributed by atoms with Crippen molar-refractivity contribution >= 4 is 17.6 Å². The highest BCUT2D eigenvalue weighted by atomic mass is 35.5. The van der Waals surface area contributed by atoms with Crippen molar-refractivity contribution in [2.24, 2.45) is 5.73 Å². The van der Waals surface area contributed by atoms with Crippen LogP contribution in [0.3, 0.4) is 0 Å². The normalized spacial score (nSPS) is 12.2. The first-order chi connectivity index (χ1) is 7.13. The number of carbonyl (C=O) groups is 1. The van der Waals surface area contributed by atoms with Crippen molar-refractivity contribution in [3.05, 3.63) is 34.9 Å². The molecular weight excluding hydrogens is 214 g/mol. The molecule has 0 unspecified atom stereocenters. The SMILES string of the molecule is COC(=O)CC[C@H](N)c1ccc(Cl)cc1. The van der Waals surface area contributed by atoms with Gasteiger partial charge >= 0.3 is 5.97 Å². The zero-order valence-corrected chi connectivity index (χ0v) is 9.33. The summed E-state index contributed by atoms with van der Waals surface area (Å²) in [7, 11) is 1.37. The molecule has 1 atom stereocenters. The van der Waals surface area contributed by atoms with Crippen LogP contribution in [0.25, 0.3) is 0 Å². The van der Waals surface area contributed by atoms with Gasteiger partial charge in [0.25, 0.3) is 0 Å². The van der Waals surface area contributed by atoms with E-state index >= 15 is 0 Å². The molecule has 0 aliphatic carbocycles. The molecule has 0 aliphatic rings. The predicted molar refractivity (Wildman–Crippen MR) is 59.6 cm³/mol. The number of methoxy groups -OCH3 is 1. The van der Waals surface area contributed by atoms with Gasteiger partial charge in [0.2, 0.25) is 0 Å². The van der Waals surface area contributed by atoms with Gasteiger partial charge < -0.3 is 10.5 Å². The minimum Gasteiger partial charge on any atom is -0.469 e. The Hall–Kier alpha value is -1.06. The Morgan fingerprint density at radius 2 is 2.07 bits per heavy atom. The van der Waals surface area contributed by atoms with Crippen molar-refractivity contribution in [2.45, 2.75) is 18.9 Å². The number of halogens is 1. The van der Waals surface area contributed by atoms with Crippen LogP contribution >= 0.6 is 11.6 Å². The van der Waals surface area contributed by atoms with E-state index in [0.717, 1.165) is 5.56 Å². The molecule has 0 aromatic heterocycles. The predicted octanol–water partition coefficient (Wildman–Crippen LogP) is 2.29. The fourth-order valence-electron chi connectivity index (χ4n) is 1.25. The Bertz CT molecular complexity index is 324. The van der Waals surface area contributed by atoms with E-state index in [1.54, 1.807) is 12.1 Å². The molecule has 0 fully saturated rings. The van der Waals surface area contributed by atoms with E-state index in [1.807, 2.05) is 12.1 Å². The lowest BCUT2D eigenvalue weighted by Gasteiger charge is -2.10. The second-order valence-electron chi connectivity index (χ2n) is 3.27. The van der Waals surface area contributed by atoms with Crippen LogP contribution in [0.15, 0.2) is 24.3 Å². The Kier molecular flexibility index (Phi) is 4.59. The molecule has 3 nitrogen and oxygen atoms in total. The van der Waals surface area contributed by atoms with Crippen LogP contribution in [0.4, 0.5) is 0 Å². The first kappa shape index (κ1) is 12.0. The van der Waals surface area contributed by atoms with Gasteiger partial charge in [0.15, 0.2) is 0 Å². The van der Waals surface area contributed by atoms with E-state index in [4.69, 9.17) is 17.3 Å². The summed E-state index contributed by atoms with van der Waals surface area (Å²) in [5.41, 5.74) is 6.87. The molecule has 1 rings (SSSR count). The van der Waals surface area contributed by atoms with E-state index in [2.05, 4.69) is 4.74 Å². The maximum absolute atomic E-state index is 10.9. The lowest BCUT2D eigenvalue weighted by molar-refractivity contribution is -0.140. The van der Waals surface area contributed by atoms with E-state index in [9.17, 15) is 4.79 Å². The Morgan fingerprint density at radius 3 is 2.60 bits per heavy atom. The van der Waals surface area contributed by atoms with Crippen LogP contribution in [0.2, 0.25) is 5.02 Å². The molecule has 15 heavy (non-hydrogen) atoms. The maximum atomic E-state index is 10.9. The lowest BCUT2D eigenvalue weighted by atomic mass is 10.0. The van der Waals surface area contributed by atoms with Gasteiger partial charge in [-0.2, -0.15) is 0 Å². The lowest BCUT2D eigenvalue weighted by Crippen LogP contribution is -2.12. The summed E-state index contributed by atoms with van der Waals surface area (Å²) < 4.78 is 4.54. The van der Waals surface area contributed by atoms with Crippen LogP contribution in [0.1, 0.15) is 24.4 Å². The summed E-state index contributed by atoms with van der Waals surface area (Å²) in [4.78, 5) is 10.9. The minimum atomic E-state index is -0.237. The molecule has 82 valence electrons. The second kappa shape index (κ2) is 5.73. The zero-order chi connectivity index (χ0) is 11.3. The number of hydrogen-bond donors (Lipinski definition) is 1. The minimum absolute atomic E-state index is 0.152. The molecule has 0 saturated carbocycles. The molecule has 0 spiro atoms. The van der Waals surface area contributed by atoms with Crippen molar-refractivity contribution in [3.63, 3.8) is 0 Å². The number of carbonyl (C=O) groups excluding carboxylic acids is 1. The van der Waals surface area contributed by atoms with Crippen LogP contribution in [-0.2, 0) is 9.53 Å². The first-order valence-corrected chi connectivity index (χ1v) is 5.09. The van der Waals surface area contributed by atoms with Crippen LogP contribution in [0.5, 0.6) is 0 Å². The zero-order valence-electron chi connectivity index (χ0n) is 8.57. The third-order valence-corrected chi connectivity index (χ3v) is 2.44. The van der Waals surface area contributed by atoms with Crippen molar-refractivity contribution < 1.29 is 9.53 Å². The molecule has 1 aromatic rings. The number of nitrogens with two attached hydrogens (primary N) is 1. The van der Waals surface area contributed by atoms with Gasteiger partial charge in [-0.05, 0) is 24.1 Å². The highest BCUT2D eigenvalue weighted by Crippen LogP contribution is 2.18. The highest BCUT2D eigenvalue weighted by Gasteiger charge is 2.08. The Balaban J connectivity index is 2.50. The van der Waals surface area contributed by atoms with Gasteiger partial charge in [-0.1, -0.05) is 23.7 Å². The molecule has 4 heteroatoms. The van der Waals surface area contributed by atoms with Gasteiger partial charge in [0.1, 0.15) is 0 Å². The standard InChI is InChI=1S/C11H14ClNO2/c1-15-11(14)7-6-10(13)8-2-4-9(12)5-3-8/h2-5,10H,6-7,13H2,1H3/t10-/m0/s1. The van der Waals surface area contributed by atoms with Gasteiger partial charge in [-0.15, -0.1) is 0 Å². The monoisotopic (exact) mass is 227 g/mol. The largest absolute Gasteiger partial charge is 0.469 e. The average Bonchev–Trinajstić information content (AvgIpc) is 2.26. The van der Waals surface area contributed by atoms with E-state index in [0.29, 0.717) is 17.9 Å². The van der Waals surface area contributed by atoms with Crippen molar-refractivity contribution in [2.75, 3.05) is 7.11 Å². The molecule has 0 radical (unpaired) electrons. The molecular formula is C11H14ClNO2. The third kappa shape index (κ3) is 3.90. The topological polar surface area (TPSA) is 52.3 Å². The first-order valence-electron chi connectivity index (χ1n) is 4.71. The highest BCUT2D eigenvalue weighted by molar-refractivity contribution is 6.30. The van der Waals surface area contributed by atoms with Crippen molar-refractivity contribution in [1.29, 1.82) is 0 Å². The molecule has 0 aliphatic heterocycles. The average molecular weight is 228 g/mol. The van der Waals surface area contributed by atoms with Crippen molar-refractivity contribution in [1.82, 2.24) is 0 Å². The quantitative estimate of drug-likeness (QED) is 0.803. The summed E-state index contributed by atoms with van der Waals surface area (Å²) in [6.07, 6.45) is 0.911. The smallest absolute Gasteiger partial charge is 0.305 e. The van der Waals surface area contributed by atoms with Gasteiger partial charge in [-0.25, -0.2) is 0 Å². The van der Waals surface area contributed by atoms with E-state index < -0.39 is 0 Å². The number of hydrogen-bond acceptors (Lipinski definition) is 3. The van der Waals surface area contributed by atoms with E-state index in [-0.39, 0.29) is 12.0 Å². The van der Waals surface area contributed by atoms with Gasteiger partial charge in [0, 0.05) is 17.5 Å². The Labute approximate surface area is 94.2 Å². The molecule has 0 amide bonds. The maximum Gasteiger partial charge on any atom is 0.305 e. The second-order valence-corrected chi connectivity index (χ2v) is 3.71. The third-order valence-electron chi connectivity index (χ3n) is 2.19. The summed E-state index contributed by atoms with van der Waals surface area (Å²) >= 11 is 5.75. The van der Waals surface area contributed by atoms with Crippen LogP contribution in [-0.4, -0.2) is 13.1 Å². The number of rotatable bonds is 4. The number of benzene rings is 1. The molecule has 0 bridgehead atoms. The van der Waals surface area contributed by atoms with Crippen molar-refractivity contribution in [3.8, 4) is 0 Å². The van der Waals surface area contributed by atoms with Gasteiger partial charge in [-0.3, -0.25) is 4.79 Å². The number of ether oxygens (including phenoxy) is 1. The summed E-state index contributed by atoms with van der Waals surface area (Å²) in [6.45, 7) is 0. The van der Waals surface area contributed by atoms with Crippen LogP contribution < -0.4 is 5.73 Å². The summed E-state index contributed by atoms with van der Waals surface area (Å²) in [5.74, 6) is -0.237. The fourth-order valence-corrected chi connectivity index (χ4v) is 1.38. The fraction of sp³-hybridized carbons (Fsp3) is 0.364. The van der Waals surface area contributed by atoms with Gasteiger partial charge in [0.05, 0.1) is 7.11 Å². The summed E-state index contributed by atoms with van der Waals surface area (Å²) in [5, 5.41) is 0.680. The molecule has 2 N–H and O–H groups in total. The van der Waals surface area contributed by atoms with Crippen LogP contribution in [0, 0.1) is 0 Å². The molecule has 0 saturated heterocycles. The number of esters is 1.